The second-order valence-corrected chi connectivity index (χ2v) is 8.08. The fraction of sp³-hybridized carbons (Fsp3) is 0.333. The molecule has 0 atom stereocenters. The molecule has 0 aliphatic carbocycles. The van der Waals surface area contributed by atoms with Gasteiger partial charge in [0.05, 0.1) is 30.3 Å². The third-order valence-corrected chi connectivity index (χ3v) is 5.87. The number of amides is 1. The molecule has 0 unspecified atom stereocenters. The zero-order chi connectivity index (χ0) is 22.3. The predicted molar refractivity (Wildman–Crippen MR) is 123 cm³/mol. The minimum atomic E-state index is -0.219. The SMILES string of the molecule is COC1=C(c2cc(C(=O)Nc3nc4ccc(C)cc4n3C)cc(C)n2)C(C)=[N+](C)CC1. The van der Waals surface area contributed by atoms with Crippen LogP contribution >= 0.6 is 0 Å². The van der Waals surface area contributed by atoms with Crippen molar-refractivity contribution in [2.24, 2.45) is 7.05 Å². The van der Waals surface area contributed by atoms with E-state index >= 15 is 0 Å². The Morgan fingerprint density at radius 1 is 1.16 bits per heavy atom. The van der Waals surface area contributed by atoms with Crippen molar-refractivity contribution in [2.75, 3.05) is 26.0 Å². The second-order valence-electron chi connectivity index (χ2n) is 8.08. The highest BCUT2D eigenvalue weighted by Crippen LogP contribution is 2.26. The monoisotopic (exact) mass is 418 g/mol. The first-order valence-electron chi connectivity index (χ1n) is 10.3. The molecule has 0 spiro atoms. The summed E-state index contributed by atoms with van der Waals surface area (Å²) in [7, 11) is 5.64. The zero-order valence-corrected chi connectivity index (χ0v) is 18.9. The van der Waals surface area contributed by atoms with E-state index in [1.807, 2.05) is 43.7 Å². The van der Waals surface area contributed by atoms with Gasteiger partial charge in [-0.05, 0) is 43.7 Å². The molecule has 2 aromatic heterocycles. The third-order valence-electron chi connectivity index (χ3n) is 5.87. The molecule has 7 heteroatoms. The Labute approximate surface area is 182 Å². The number of methoxy groups -OCH3 is 1. The minimum Gasteiger partial charge on any atom is -0.500 e. The number of imidazole rings is 1. The summed E-state index contributed by atoms with van der Waals surface area (Å²) in [5.74, 6) is 1.19. The van der Waals surface area contributed by atoms with E-state index in [1.54, 1.807) is 13.2 Å². The van der Waals surface area contributed by atoms with Crippen molar-refractivity contribution in [1.29, 1.82) is 0 Å². The topological polar surface area (TPSA) is 72.0 Å². The molecule has 1 aliphatic rings. The van der Waals surface area contributed by atoms with Crippen LogP contribution in [-0.2, 0) is 11.8 Å². The number of rotatable bonds is 4. The number of hydrogen-bond acceptors (Lipinski definition) is 4. The molecule has 0 fully saturated rings. The lowest BCUT2D eigenvalue weighted by atomic mass is 9.99. The van der Waals surface area contributed by atoms with Crippen LogP contribution in [0.4, 0.5) is 5.95 Å². The van der Waals surface area contributed by atoms with Crippen molar-refractivity contribution < 1.29 is 14.1 Å². The largest absolute Gasteiger partial charge is 0.500 e. The first kappa shape index (κ1) is 20.8. The van der Waals surface area contributed by atoms with Crippen LogP contribution in [0, 0.1) is 13.8 Å². The van der Waals surface area contributed by atoms with E-state index in [0.717, 1.165) is 58.0 Å². The number of allylic oxidation sites excluding steroid dienone is 1. The maximum absolute atomic E-state index is 13.1. The lowest BCUT2D eigenvalue weighted by Crippen LogP contribution is -2.25. The Balaban J connectivity index is 1.71. The molecule has 0 saturated carbocycles. The summed E-state index contributed by atoms with van der Waals surface area (Å²) in [6.45, 7) is 6.88. The number of fused-ring (bicyclic) bond motifs is 1. The lowest BCUT2D eigenvalue weighted by molar-refractivity contribution is -0.497. The molecular formula is C24H28N5O2+. The van der Waals surface area contributed by atoms with Gasteiger partial charge in [0, 0.05) is 25.2 Å². The molecule has 0 saturated heterocycles. The van der Waals surface area contributed by atoms with Gasteiger partial charge in [0.15, 0.2) is 5.71 Å². The first-order valence-corrected chi connectivity index (χ1v) is 10.3. The van der Waals surface area contributed by atoms with Gasteiger partial charge in [0.25, 0.3) is 5.91 Å². The van der Waals surface area contributed by atoms with Crippen molar-refractivity contribution in [1.82, 2.24) is 14.5 Å². The lowest BCUT2D eigenvalue weighted by Gasteiger charge is -2.18. The summed E-state index contributed by atoms with van der Waals surface area (Å²) in [4.78, 5) is 22.4. The van der Waals surface area contributed by atoms with Crippen LogP contribution in [-0.4, -0.2) is 51.4 Å². The van der Waals surface area contributed by atoms with Crippen molar-refractivity contribution >= 4 is 34.2 Å². The van der Waals surface area contributed by atoms with Crippen LogP contribution in [0.1, 0.15) is 40.7 Å². The number of anilines is 1. The Morgan fingerprint density at radius 3 is 2.68 bits per heavy atom. The third kappa shape index (κ3) is 3.83. The van der Waals surface area contributed by atoms with E-state index in [9.17, 15) is 4.79 Å². The molecule has 160 valence electrons. The highest BCUT2D eigenvalue weighted by atomic mass is 16.5. The smallest absolute Gasteiger partial charge is 0.258 e. The Kier molecular flexibility index (Phi) is 5.35. The average molecular weight is 419 g/mol. The molecule has 4 rings (SSSR count). The van der Waals surface area contributed by atoms with E-state index < -0.39 is 0 Å². The van der Waals surface area contributed by atoms with Gasteiger partial charge in [-0.3, -0.25) is 15.1 Å². The normalized spacial score (nSPS) is 14.4. The van der Waals surface area contributed by atoms with Gasteiger partial charge in [-0.2, -0.15) is 0 Å². The zero-order valence-electron chi connectivity index (χ0n) is 18.9. The Bertz CT molecular complexity index is 1270. The van der Waals surface area contributed by atoms with Gasteiger partial charge < -0.3 is 9.30 Å². The van der Waals surface area contributed by atoms with Crippen LogP contribution < -0.4 is 5.32 Å². The summed E-state index contributed by atoms with van der Waals surface area (Å²) in [5.41, 5.74) is 7.06. The van der Waals surface area contributed by atoms with E-state index in [-0.39, 0.29) is 5.91 Å². The molecule has 1 aliphatic heterocycles. The minimum absolute atomic E-state index is 0.219. The quantitative estimate of drug-likeness (QED) is 0.656. The fourth-order valence-electron chi connectivity index (χ4n) is 4.00. The number of benzene rings is 1. The van der Waals surface area contributed by atoms with Crippen LogP contribution in [0.25, 0.3) is 16.6 Å². The number of carbonyl (C=O) groups excluding carboxylic acids is 1. The predicted octanol–water partition coefficient (Wildman–Crippen LogP) is 3.70. The van der Waals surface area contributed by atoms with Crippen molar-refractivity contribution in [3.63, 3.8) is 0 Å². The highest BCUT2D eigenvalue weighted by Gasteiger charge is 2.27. The molecule has 1 aromatic carbocycles. The average Bonchev–Trinajstić information content (AvgIpc) is 3.04. The molecule has 3 aromatic rings. The first-order chi connectivity index (χ1) is 14.8. The fourth-order valence-corrected chi connectivity index (χ4v) is 4.00. The number of nitrogens with zero attached hydrogens (tertiary/aromatic N) is 4. The van der Waals surface area contributed by atoms with Gasteiger partial charge in [-0.1, -0.05) is 6.07 Å². The number of aryl methyl sites for hydroxylation is 3. The van der Waals surface area contributed by atoms with E-state index in [4.69, 9.17) is 9.72 Å². The Morgan fingerprint density at radius 2 is 1.94 bits per heavy atom. The van der Waals surface area contributed by atoms with E-state index in [0.29, 0.717) is 11.5 Å². The van der Waals surface area contributed by atoms with Crippen molar-refractivity contribution in [3.8, 4) is 0 Å². The number of hydrogen-bond donors (Lipinski definition) is 1. The number of aromatic nitrogens is 3. The molecule has 3 heterocycles. The molecule has 1 N–H and O–H groups in total. The molecule has 0 radical (unpaired) electrons. The summed E-state index contributed by atoms with van der Waals surface area (Å²) in [6.07, 6.45) is 0.802. The summed E-state index contributed by atoms with van der Waals surface area (Å²) in [6, 6.07) is 9.66. The van der Waals surface area contributed by atoms with Gasteiger partial charge in [0.2, 0.25) is 5.95 Å². The highest BCUT2D eigenvalue weighted by molar-refractivity contribution is 6.21. The maximum Gasteiger partial charge on any atom is 0.258 e. The van der Waals surface area contributed by atoms with E-state index in [1.165, 1.54) is 0 Å². The number of pyridine rings is 1. The van der Waals surface area contributed by atoms with Crippen LogP contribution in [0.5, 0.6) is 0 Å². The number of nitrogens with one attached hydrogen (secondary N) is 1. The van der Waals surface area contributed by atoms with E-state index in [2.05, 4.69) is 34.9 Å². The molecule has 0 bridgehead atoms. The molecule has 31 heavy (non-hydrogen) atoms. The summed E-state index contributed by atoms with van der Waals surface area (Å²) in [5, 5.41) is 2.96. The number of ether oxygens (including phenoxy) is 1. The summed E-state index contributed by atoms with van der Waals surface area (Å²) < 4.78 is 9.73. The Hall–Kier alpha value is -3.48. The van der Waals surface area contributed by atoms with Crippen LogP contribution in [0.3, 0.4) is 0 Å². The molecular weight excluding hydrogens is 390 g/mol. The second kappa shape index (κ2) is 7.98. The molecule has 1 amide bonds. The van der Waals surface area contributed by atoms with Crippen LogP contribution in [0.15, 0.2) is 36.1 Å². The van der Waals surface area contributed by atoms with Crippen LogP contribution in [0.2, 0.25) is 0 Å². The van der Waals surface area contributed by atoms with Gasteiger partial charge in [0.1, 0.15) is 24.9 Å². The summed E-state index contributed by atoms with van der Waals surface area (Å²) >= 11 is 0. The maximum atomic E-state index is 13.1. The number of carbonyl (C=O) groups is 1. The van der Waals surface area contributed by atoms with Crippen molar-refractivity contribution in [3.05, 3.63) is 58.6 Å². The van der Waals surface area contributed by atoms with Gasteiger partial charge >= 0.3 is 0 Å². The van der Waals surface area contributed by atoms with Gasteiger partial charge in [-0.15, -0.1) is 0 Å². The molecule has 7 nitrogen and oxygen atoms in total. The van der Waals surface area contributed by atoms with Crippen molar-refractivity contribution in [2.45, 2.75) is 27.2 Å². The van der Waals surface area contributed by atoms with Gasteiger partial charge in [-0.25, -0.2) is 9.56 Å². The standard InChI is InChI=1S/C24H27N5O2/c1-14-7-8-18-20(11-14)29(5)24(26-18)27-23(30)17-12-15(2)25-19(13-17)22-16(3)28(4)10-9-21(22)31-6/h7-8,11-13H,9-10H2,1-6H3/p+1.